The fraction of sp³-hybridized carbons (Fsp3) is 0.625. The number of methoxy groups -OCH3 is 1. The molecule has 0 bridgehead atoms. The van der Waals surface area contributed by atoms with Crippen LogP contribution in [0.4, 0.5) is 0 Å². The zero-order valence-corrected chi connectivity index (χ0v) is 12.8. The summed E-state index contributed by atoms with van der Waals surface area (Å²) in [4.78, 5) is 0. The summed E-state index contributed by atoms with van der Waals surface area (Å²) < 4.78 is 16.1. The first-order chi connectivity index (χ1) is 9.06. The van der Waals surface area contributed by atoms with Crippen LogP contribution in [0, 0.1) is 13.8 Å². The maximum absolute atomic E-state index is 5.82. The first-order valence-electron chi connectivity index (χ1n) is 6.87. The van der Waals surface area contributed by atoms with Crippen LogP contribution in [0.1, 0.15) is 36.5 Å². The first kappa shape index (κ1) is 16.0. The number of aryl methyl sites for hydroxylation is 2. The molecule has 1 aromatic carbocycles. The summed E-state index contributed by atoms with van der Waals surface area (Å²) in [6.45, 7) is 11.0. The van der Waals surface area contributed by atoms with E-state index in [2.05, 4.69) is 39.8 Å². The molecule has 0 N–H and O–H groups in total. The predicted molar refractivity (Wildman–Crippen MR) is 78.2 cm³/mol. The van der Waals surface area contributed by atoms with Gasteiger partial charge in [-0.2, -0.15) is 0 Å². The summed E-state index contributed by atoms with van der Waals surface area (Å²) in [5.41, 5.74) is 3.75. The molecule has 108 valence electrons. The van der Waals surface area contributed by atoms with E-state index in [1.807, 2.05) is 0 Å². The second kappa shape index (κ2) is 8.18. The number of hydrogen-bond acceptors (Lipinski definition) is 3. The standard InChI is InChI=1S/C16H26O3/c1-12(2)15-10-13(3)16(14(4)11-15)19-9-8-18-7-6-17-5/h10-12H,6-9H2,1-5H3. The first-order valence-corrected chi connectivity index (χ1v) is 6.87. The van der Waals surface area contributed by atoms with Gasteiger partial charge in [-0.1, -0.05) is 26.0 Å². The van der Waals surface area contributed by atoms with E-state index in [4.69, 9.17) is 14.2 Å². The van der Waals surface area contributed by atoms with Crippen molar-refractivity contribution in [3.05, 3.63) is 28.8 Å². The Kier molecular flexibility index (Phi) is 6.89. The topological polar surface area (TPSA) is 27.7 Å². The van der Waals surface area contributed by atoms with Gasteiger partial charge >= 0.3 is 0 Å². The summed E-state index contributed by atoms with van der Waals surface area (Å²) in [5.74, 6) is 1.53. The van der Waals surface area contributed by atoms with E-state index < -0.39 is 0 Å². The molecule has 3 nitrogen and oxygen atoms in total. The van der Waals surface area contributed by atoms with Crippen molar-refractivity contribution < 1.29 is 14.2 Å². The van der Waals surface area contributed by atoms with Crippen molar-refractivity contribution >= 4 is 0 Å². The van der Waals surface area contributed by atoms with Crippen LogP contribution in [0.15, 0.2) is 12.1 Å². The average Bonchev–Trinajstić information content (AvgIpc) is 2.35. The minimum atomic E-state index is 0.545. The number of hydrogen-bond donors (Lipinski definition) is 0. The summed E-state index contributed by atoms with van der Waals surface area (Å²) >= 11 is 0. The van der Waals surface area contributed by atoms with Gasteiger partial charge in [-0.15, -0.1) is 0 Å². The molecule has 0 aliphatic rings. The van der Waals surface area contributed by atoms with Crippen LogP contribution in [-0.2, 0) is 9.47 Å². The lowest BCUT2D eigenvalue weighted by atomic mass is 9.98. The fourth-order valence-electron chi connectivity index (χ4n) is 1.99. The van der Waals surface area contributed by atoms with Crippen molar-refractivity contribution in [1.29, 1.82) is 0 Å². The Balaban J connectivity index is 2.50. The summed E-state index contributed by atoms with van der Waals surface area (Å²) in [5, 5.41) is 0. The van der Waals surface area contributed by atoms with E-state index in [-0.39, 0.29) is 0 Å². The summed E-state index contributed by atoms with van der Waals surface area (Å²) in [6, 6.07) is 4.41. The molecule has 0 saturated heterocycles. The highest BCUT2D eigenvalue weighted by Crippen LogP contribution is 2.27. The Morgan fingerprint density at radius 3 is 2.05 bits per heavy atom. The molecule has 0 fully saturated rings. The maximum atomic E-state index is 5.82. The lowest BCUT2D eigenvalue weighted by Gasteiger charge is -2.15. The Labute approximate surface area is 116 Å². The molecule has 3 heteroatoms. The highest BCUT2D eigenvalue weighted by molar-refractivity contribution is 5.44. The molecule has 19 heavy (non-hydrogen) atoms. The molecular weight excluding hydrogens is 240 g/mol. The van der Waals surface area contributed by atoms with Crippen molar-refractivity contribution in [3.8, 4) is 5.75 Å². The molecule has 0 saturated carbocycles. The Bertz CT molecular complexity index is 363. The normalized spacial score (nSPS) is 11.1. The van der Waals surface area contributed by atoms with Crippen molar-refractivity contribution in [2.24, 2.45) is 0 Å². The van der Waals surface area contributed by atoms with Crippen LogP contribution in [-0.4, -0.2) is 33.5 Å². The van der Waals surface area contributed by atoms with Crippen LogP contribution >= 0.6 is 0 Å². The SMILES string of the molecule is COCCOCCOc1c(C)cc(C(C)C)cc1C. The molecule has 0 aromatic heterocycles. The van der Waals surface area contributed by atoms with Crippen molar-refractivity contribution in [1.82, 2.24) is 0 Å². The quantitative estimate of drug-likeness (QED) is 0.674. The van der Waals surface area contributed by atoms with Gasteiger partial charge in [0.1, 0.15) is 12.4 Å². The summed E-state index contributed by atoms with van der Waals surface area (Å²) in [6.07, 6.45) is 0. The van der Waals surface area contributed by atoms with E-state index >= 15 is 0 Å². The third-order valence-electron chi connectivity index (χ3n) is 3.06. The van der Waals surface area contributed by atoms with Gasteiger partial charge in [-0.3, -0.25) is 0 Å². The monoisotopic (exact) mass is 266 g/mol. The molecule has 0 aliphatic carbocycles. The smallest absolute Gasteiger partial charge is 0.125 e. The van der Waals surface area contributed by atoms with Crippen LogP contribution < -0.4 is 4.74 Å². The van der Waals surface area contributed by atoms with Gasteiger partial charge in [0, 0.05) is 7.11 Å². The highest BCUT2D eigenvalue weighted by Gasteiger charge is 2.08. The largest absolute Gasteiger partial charge is 0.491 e. The van der Waals surface area contributed by atoms with Gasteiger partial charge in [-0.05, 0) is 36.5 Å². The molecule has 1 rings (SSSR count). The Morgan fingerprint density at radius 2 is 1.53 bits per heavy atom. The molecule has 0 unspecified atom stereocenters. The van der Waals surface area contributed by atoms with E-state index in [0.717, 1.165) is 5.75 Å². The third-order valence-corrected chi connectivity index (χ3v) is 3.06. The molecule has 0 heterocycles. The Morgan fingerprint density at radius 1 is 0.947 bits per heavy atom. The van der Waals surface area contributed by atoms with Gasteiger partial charge in [0.15, 0.2) is 0 Å². The lowest BCUT2D eigenvalue weighted by molar-refractivity contribution is 0.0542. The minimum absolute atomic E-state index is 0.545. The average molecular weight is 266 g/mol. The van der Waals surface area contributed by atoms with Gasteiger partial charge in [0.2, 0.25) is 0 Å². The molecule has 1 aromatic rings. The van der Waals surface area contributed by atoms with E-state index in [1.165, 1.54) is 16.7 Å². The Hall–Kier alpha value is -1.06. The summed E-state index contributed by atoms with van der Waals surface area (Å²) in [7, 11) is 1.67. The molecule has 0 atom stereocenters. The fourth-order valence-corrected chi connectivity index (χ4v) is 1.99. The van der Waals surface area contributed by atoms with Crippen molar-refractivity contribution in [2.75, 3.05) is 33.5 Å². The van der Waals surface area contributed by atoms with Crippen LogP contribution in [0.5, 0.6) is 5.75 Å². The lowest BCUT2D eigenvalue weighted by Crippen LogP contribution is -2.11. The molecule has 0 radical (unpaired) electrons. The van der Waals surface area contributed by atoms with E-state index in [9.17, 15) is 0 Å². The van der Waals surface area contributed by atoms with Crippen molar-refractivity contribution in [3.63, 3.8) is 0 Å². The minimum Gasteiger partial charge on any atom is -0.491 e. The molecular formula is C16H26O3. The molecule has 0 aliphatic heterocycles. The zero-order chi connectivity index (χ0) is 14.3. The number of rotatable bonds is 8. The second-order valence-electron chi connectivity index (χ2n) is 5.09. The van der Waals surface area contributed by atoms with Gasteiger partial charge in [0.05, 0.1) is 19.8 Å². The van der Waals surface area contributed by atoms with Gasteiger partial charge < -0.3 is 14.2 Å². The maximum Gasteiger partial charge on any atom is 0.125 e. The second-order valence-corrected chi connectivity index (χ2v) is 5.09. The molecule has 0 amide bonds. The third kappa shape index (κ3) is 5.21. The van der Waals surface area contributed by atoms with Crippen molar-refractivity contribution in [2.45, 2.75) is 33.6 Å². The van der Waals surface area contributed by atoms with Crippen LogP contribution in [0.2, 0.25) is 0 Å². The van der Waals surface area contributed by atoms with E-state index in [1.54, 1.807) is 7.11 Å². The van der Waals surface area contributed by atoms with E-state index in [0.29, 0.717) is 32.3 Å². The molecule has 0 spiro atoms. The zero-order valence-electron chi connectivity index (χ0n) is 12.8. The van der Waals surface area contributed by atoms with Crippen LogP contribution in [0.3, 0.4) is 0 Å². The highest BCUT2D eigenvalue weighted by atomic mass is 16.5. The predicted octanol–water partition coefficient (Wildman–Crippen LogP) is 3.47. The number of benzene rings is 1. The number of ether oxygens (including phenoxy) is 3. The van der Waals surface area contributed by atoms with Gasteiger partial charge in [0.25, 0.3) is 0 Å². The van der Waals surface area contributed by atoms with Gasteiger partial charge in [-0.25, -0.2) is 0 Å². The van der Waals surface area contributed by atoms with Crippen LogP contribution in [0.25, 0.3) is 0 Å².